The zero-order valence-electron chi connectivity index (χ0n) is 10.3. The molecule has 3 rings (SSSR count). The molecule has 1 fully saturated rings. The number of nitrogens with zero attached hydrogens (tertiary/aromatic N) is 2. The van der Waals surface area contributed by atoms with Gasteiger partial charge in [0, 0.05) is 17.5 Å². The number of hydrogen-bond acceptors (Lipinski definition) is 5. The molecule has 0 radical (unpaired) electrons. The van der Waals surface area contributed by atoms with Crippen molar-refractivity contribution in [1.82, 2.24) is 10.0 Å². The van der Waals surface area contributed by atoms with Crippen molar-refractivity contribution in [1.29, 1.82) is 0 Å². The van der Waals surface area contributed by atoms with E-state index in [9.17, 15) is 14.8 Å². The molecule has 3 N–H and O–H groups in total. The third kappa shape index (κ3) is 2.19. The Bertz CT molecular complexity index is 704. The van der Waals surface area contributed by atoms with Gasteiger partial charge in [0.15, 0.2) is 0 Å². The lowest BCUT2D eigenvalue weighted by Crippen LogP contribution is -2.26. The molecule has 1 aliphatic rings. The number of fused-ring (bicyclic) bond motifs is 1. The number of nitrogen functional groups attached to an aromatic ring is 1. The molecule has 1 aliphatic heterocycles. The number of anilines is 1. The van der Waals surface area contributed by atoms with Gasteiger partial charge in [-0.15, -0.1) is 12.4 Å². The second-order valence-electron chi connectivity index (χ2n) is 4.49. The lowest BCUT2D eigenvalue weighted by Gasteiger charge is -2.08. The summed E-state index contributed by atoms with van der Waals surface area (Å²) >= 11 is 0. The van der Waals surface area contributed by atoms with Gasteiger partial charge in [-0.2, -0.15) is 5.06 Å². The second-order valence-corrected chi connectivity index (χ2v) is 4.49. The van der Waals surface area contributed by atoms with Crippen LogP contribution in [-0.4, -0.2) is 27.1 Å². The van der Waals surface area contributed by atoms with Crippen molar-refractivity contribution >= 4 is 40.8 Å². The number of imide groups is 1. The number of pyridine rings is 1. The van der Waals surface area contributed by atoms with Crippen LogP contribution in [0.25, 0.3) is 10.9 Å². The summed E-state index contributed by atoms with van der Waals surface area (Å²) in [7, 11) is 0. The van der Waals surface area contributed by atoms with Crippen molar-refractivity contribution in [3.63, 3.8) is 0 Å². The van der Waals surface area contributed by atoms with Gasteiger partial charge >= 0.3 is 0 Å². The minimum absolute atomic E-state index is 0. The van der Waals surface area contributed by atoms with Crippen molar-refractivity contribution < 1.29 is 14.8 Å². The highest BCUT2D eigenvalue weighted by Crippen LogP contribution is 2.28. The molecule has 7 heteroatoms. The van der Waals surface area contributed by atoms with Crippen LogP contribution >= 0.6 is 12.4 Å². The monoisotopic (exact) mass is 293 g/mol. The van der Waals surface area contributed by atoms with Gasteiger partial charge in [-0.05, 0) is 24.3 Å². The molecule has 6 nitrogen and oxygen atoms in total. The fourth-order valence-electron chi connectivity index (χ4n) is 2.20. The zero-order valence-corrected chi connectivity index (χ0v) is 11.1. The van der Waals surface area contributed by atoms with Gasteiger partial charge in [0.05, 0.1) is 17.1 Å². The summed E-state index contributed by atoms with van der Waals surface area (Å²) in [4.78, 5) is 27.3. The quantitative estimate of drug-likeness (QED) is 0.471. The number of rotatable bonds is 1. The molecule has 2 aromatic rings. The summed E-state index contributed by atoms with van der Waals surface area (Å²) in [5.41, 5.74) is 7.49. The van der Waals surface area contributed by atoms with E-state index in [0.29, 0.717) is 16.9 Å². The first-order valence-electron chi connectivity index (χ1n) is 5.78. The van der Waals surface area contributed by atoms with E-state index >= 15 is 0 Å². The van der Waals surface area contributed by atoms with Crippen LogP contribution in [0.1, 0.15) is 18.0 Å². The fraction of sp³-hybridized carbons (Fsp3) is 0.154. The Balaban J connectivity index is 0.00000147. The average Bonchev–Trinajstić information content (AvgIpc) is 2.66. The van der Waals surface area contributed by atoms with Gasteiger partial charge < -0.3 is 5.73 Å². The van der Waals surface area contributed by atoms with Crippen molar-refractivity contribution in [2.45, 2.75) is 12.3 Å². The predicted octanol–water partition coefficient (Wildman–Crippen LogP) is 1.47. The number of nitrogens with two attached hydrogens (primary N) is 1. The van der Waals surface area contributed by atoms with Crippen LogP contribution in [0.15, 0.2) is 30.3 Å². The minimum Gasteiger partial charge on any atom is -0.399 e. The summed E-state index contributed by atoms with van der Waals surface area (Å²) in [5.74, 6) is -1.94. The highest BCUT2D eigenvalue weighted by Gasteiger charge is 2.39. The van der Waals surface area contributed by atoms with Crippen molar-refractivity contribution in [2.75, 3.05) is 5.73 Å². The first kappa shape index (κ1) is 14.2. The highest BCUT2D eigenvalue weighted by molar-refractivity contribution is 6.04. The molecular formula is C13H12ClN3O3. The van der Waals surface area contributed by atoms with Crippen LogP contribution < -0.4 is 5.73 Å². The molecule has 0 spiro atoms. The maximum atomic E-state index is 11.7. The first-order valence-corrected chi connectivity index (χ1v) is 5.78. The number of hydroxylamine groups is 2. The molecule has 1 aromatic carbocycles. The fourth-order valence-corrected chi connectivity index (χ4v) is 2.20. The molecule has 1 saturated heterocycles. The molecule has 2 amide bonds. The maximum Gasteiger partial charge on any atom is 0.262 e. The number of carbonyl (C=O) groups is 2. The second kappa shape index (κ2) is 5.07. The van der Waals surface area contributed by atoms with Crippen LogP contribution in [0.4, 0.5) is 5.69 Å². The van der Waals surface area contributed by atoms with Gasteiger partial charge in [0.1, 0.15) is 0 Å². The SMILES string of the molecule is Cl.Nc1ccc2nc(C3CC(=O)N(O)C3=O)ccc2c1. The number of carbonyl (C=O) groups excluding carboxylic acids is 2. The normalized spacial score (nSPS) is 18.4. The van der Waals surface area contributed by atoms with Crippen LogP contribution in [0.2, 0.25) is 0 Å². The summed E-state index contributed by atoms with van der Waals surface area (Å²) in [6.45, 7) is 0. The Morgan fingerprint density at radius 3 is 2.65 bits per heavy atom. The Kier molecular flexibility index (Phi) is 3.61. The van der Waals surface area contributed by atoms with Gasteiger partial charge in [0.2, 0.25) is 0 Å². The number of benzene rings is 1. The van der Waals surface area contributed by atoms with Crippen molar-refractivity contribution in [2.24, 2.45) is 0 Å². The molecule has 1 unspecified atom stereocenters. The van der Waals surface area contributed by atoms with Gasteiger partial charge in [0.25, 0.3) is 11.8 Å². The summed E-state index contributed by atoms with van der Waals surface area (Å²) in [5, 5.41) is 10.3. The number of amides is 2. The predicted molar refractivity (Wildman–Crippen MR) is 74.4 cm³/mol. The topological polar surface area (TPSA) is 96.5 Å². The van der Waals surface area contributed by atoms with Crippen LogP contribution in [0, 0.1) is 0 Å². The zero-order chi connectivity index (χ0) is 13.6. The Morgan fingerprint density at radius 2 is 2.00 bits per heavy atom. The Morgan fingerprint density at radius 1 is 1.25 bits per heavy atom. The van der Waals surface area contributed by atoms with E-state index in [-0.39, 0.29) is 23.9 Å². The summed E-state index contributed by atoms with van der Waals surface area (Å²) in [6.07, 6.45) is -0.0528. The first-order chi connectivity index (χ1) is 9.06. The van der Waals surface area contributed by atoms with Crippen LogP contribution in [0.5, 0.6) is 0 Å². The summed E-state index contributed by atoms with van der Waals surface area (Å²) < 4.78 is 0. The molecule has 2 heterocycles. The lowest BCUT2D eigenvalue weighted by molar-refractivity contribution is -0.171. The van der Waals surface area contributed by atoms with Gasteiger partial charge in [-0.25, -0.2) is 0 Å². The Labute approximate surface area is 120 Å². The molecule has 1 aromatic heterocycles. The summed E-state index contributed by atoms with van der Waals surface area (Å²) in [6, 6.07) is 8.74. The van der Waals surface area contributed by atoms with Crippen LogP contribution in [0.3, 0.4) is 0 Å². The highest BCUT2D eigenvalue weighted by atomic mass is 35.5. The van der Waals surface area contributed by atoms with E-state index < -0.39 is 17.7 Å². The lowest BCUT2D eigenvalue weighted by atomic mass is 10.0. The third-order valence-electron chi connectivity index (χ3n) is 3.21. The van der Waals surface area contributed by atoms with E-state index in [4.69, 9.17) is 5.73 Å². The number of aromatic nitrogens is 1. The standard InChI is InChI=1S/C13H11N3O3.ClH/c14-8-2-4-10-7(5-8)1-3-11(15-10)9-6-12(17)16(19)13(9)18;/h1-5,9,19H,6,14H2;1H. The van der Waals surface area contributed by atoms with Crippen molar-refractivity contribution in [3.8, 4) is 0 Å². The molecule has 20 heavy (non-hydrogen) atoms. The molecule has 0 aliphatic carbocycles. The smallest absolute Gasteiger partial charge is 0.262 e. The molecule has 0 saturated carbocycles. The van der Waals surface area contributed by atoms with E-state index in [1.54, 1.807) is 30.3 Å². The average molecular weight is 294 g/mol. The van der Waals surface area contributed by atoms with E-state index in [0.717, 1.165) is 5.39 Å². The minimum atomic E-state index is -0.709. The van der Waals surface area contributed by atoms with Crippen LogP contribution in [-0.2, 0) is 9.59 Å². The molecular weight excluding hydrogens is 282 g/mol. The third-order valence-corrected chi connectivity index (χ3v) is 3.21. The number of hydrogen-bond donors (Lipinski definition) is 2. The van der Waals surface area contributed by atoms with E-state index in [1.807, 2.05) is 0 Å². The molecule has 104 valence electrons. The number of halogens is 1. The Hall–Kier alpha value is -2.18. The van der Waals surface area contributed by atoms with Gasteiger partial charge in [-0.3, -0.25) is 19.8 Å². The molecule has 0 bridgehead atoms. The van der Waals surface area contributed by atoms with Gasteiger partial charge in [-0.1, -0.05) is 6.07 Å². The largest absolute Gasteiger partial charge is 0.399 e. The maximum absolute atomic E-state index is 11.7. The molecule has 1 atom stereocenters. The van der Waals surface area contributed by atoms with Crippen molar-refractivity contribution in [3.05, 3.63) is 36.0 Å². The van der Waals surface area contributed by atoms with E-state index in [2.05, 4.69) is 4.98 Å². The van der Waals surface area contributed by atoms with E-state index in [1.165, 1.54) is 0 Å².